The van der Waals surface area contributed by atoms with Crippen LogP contribution in [0.5, 0.6) is 0 Å². The van der Waals surface area contributed by atoms with Gasteiger partial charge in [-0.2, -0.15) is 0 Å². The Bertz CT molecular complexity index is 377. The average molecular weight is 259 g/mol. The van der Waals surface area contributed by atoms with Gasteiger partial charge in [-0.1, -0.05) is 0 Å². The summed E-state index contributed by atoms with van der Waals surface area (Å²) < 4.78 is 4.35. The van der Waals surface area contributed by atoms with Gasteiger partial charge in [-0.25, -0.2) is 0 Å². The number of methoxy groups -OCH3 is 1. The number of hydrogen-bond donors (Lipinski definition) is 2. The summed E-state index contributed by atoms with van der Waals surface area (Å²) in [5, 5.41) is 11.2. The number of Topliss-reactive ketones (excluding diaryl/α,β-unsaturated/α-hetero) is 1. The van der Waals surface area contributed by atoms with E-state index < -0.39 is 24.3 Å². The van der Waals surface area contributed by atoms with Crippen LogP contribution in [0.3, 0.4) is 0 Å². The van der Waals surface area contributed by atoms with Gasteiger partial charge in [0, 0.05) is 11.4 Å². The quantitative estimate of drug-likeness (QED) is 0.514. The van der Waals surface area contributed by atoms with Gasteiger partial charge in [0.25, 0.3) is 0 Å². The second kappa shape index (κ2) is 6.41. The Morgan fingerprint density at radius 1 is 1.47 bits per heavy atom. The van der Waals surface area contributed by atoms with Crippen molar-refractivity contribution in [2.45, 2.75) is 12.8 Å². The number of ketones is 1. The number of aliphatic hydroxyl groups excluding tert-OH is 1. The van der Waals surface area contributed by atoms with Gasteiger partial charge in [0.2, 0.25) is 5.91 Å². The zero-order valence-electron chi connectivity index (χ0n) is 9.32. The first-order chi connectivity index (χ1) is 8.08. The van der Waals surface area contributed by atoms with Crippen LogP contribution in [0.4, 0.5) is 0 Å². The summed E-state index contributed by atoms with van der Waals surface area (Å²) in [6.45, 7) is -0.585. The lowest BCUT2D eigenvalue weighted by Gasteiger charge is -2.06. The molecule has 1 heterocycles. The van der Waals surface area contributed by atoms with Gasteiger partial charge >= 0.3 is 5.97 Å². The van der Waals surface area contributed by atoms with Crippen molar-refractivity contribution in [2.75, 3.05) is 19.5 Å². The highest BCUT2D eigenvalue weighted by molar-refractivity contribution is 8.04. The molecule has 0 aromatic rings. The largest absolute Gasteiger partial charge is 0.469 e. The van der Waals surface area contributed by atoms with Crippen LogP contribution in [0.1, 0.15) is 12.8 Å². The van der Waals surface area contributed by atoms with Gasteiger partial charge in [-0.3, -0.25) is 14.4 Å². The molecular formula is C10H13NO5S. The molecule has 0 radical (unpaired) electrons. The van der Waals surface area contributed by atoms with Crippen LogP contribution >= 0.6 is 11.8 Å². The molecule has 0 aliphatic carbocycles. The number of allylic oxidation sites excluding steroid dienone is 1. The van der Waals surface area contributed by atoms with Crippen molar-refractivity contribution in [3.63, 3.8) is 0 Å². The SMILES string of the molecule is COC(=O)CC(=O)NC1=C(C(=O)CO)SCC1. The number of nitrogens with one attached hydrogen (secondary N) is 1. The van der Waals surface area contributed by atoms with Crippen molar-refractivity contribution < 1.29 is 24.2 Å². The predicted molar refractivity (Wildman–Crippen MR) is 61.0 cm³/mol. The lowest BCUT2D eigenvalue weighted by molar-refractivity contribution is -0.143. The first-order valence-electron chi connectivity index (χ1n) is 4.95. The van der Waals surface area contributed by atoms with E-state index in [2.05, 4.69) is 10.1 Å². The van der Waals surface area contributed by atoms with Crippen LogP contribution in [0, 0.1) is 0 Å². The number of ether oxygens (including phenoxy) is 1. The van der Waals surface area contributed by atoms with E-state index in [1.54, 1.807) is 0 Å². The Morgan fingerprint density at radius 2 is 2.18 bits per heavy atom. The Hall–Kier alpha value is -1.34. The Kier molecular flexibility index (Phi) is 5.17. The molecule has 0 bridgehead atoms. The number of carbonyl (C=O) groups excluding carboxylic acids is 3. The summed E-state index contributed by atoms with van der Waals surface area (Å²) in [7, 11) is 1.20. The van der Waals surface area contributed by atoms with Gasteiger partial charge in [-0.05, 0) is 6.42 Å². The van der Waals surface area contributed by atoms with E-state index in [-0.39, 0.29) is 6.42 Å². The van der Waals surface area contributed by atoms with Crippen LogP contribution in [-0.4, -0.2) is 42.2 Å². The summed E-state index contributed by atoms with van der Waals surface area (Å²) in [5.41, 5.74) is 0.475. The molecule has 94 valence electrons. The van der Waals surface area contributed by atoms with Crippen molar-refractivity contribution in [3.05, 3.63) is 10.6 Å². The molecule has 17 heavy (non-hydrogen) atoms. The molecule has 0 spiro atoms. The number of esters is 1. The maximum absolute atomic E-state index is 11.4. The third kappa shape index (κ3) is 3.86. The number of aliphatic hydroxyl groups is 1. The van der Waals surface area contributed by atoms with Crippen LogP contribution in [0.25, 0.3) is 0 Å². The lowest BCUT2D eigenvalue weighted by atomic mass is 10.2. The molecule has 6 nitrogen and oxygen atoms in total. The molecule has 1 rings (SSSR count). The highest BCUT2D eigenvalue weighted by atomic mass is 32.2. The van der Waals surface area contributed by atoms with Gasteiger partial charge in [-0.15, -0.1) is 11.8 Å². The van der Waals surface area contributed by atoms with E-state index in [9.17, 15) is 14.4 Å². The summed E-state index contributed by atoms with van der Waals surface area (Å²) in [6, 6.07) is 0. The lowest BCUT2D eigenvalue weighted by Crippen LogP contribution is -2.26. The van der Waals surface area contributed by atoms with E-state index in [0.717, 1.165) is 0 Å². The molecule has 1 amide bonds. The van der Waals surface area contributed by atoms with Gasteiger partial charge < -0.3 is 15.2 Å². The van der Waals surface area contributed by atoms with Crippen LogP contribution in [-0.2, 0) is 19.1 Å². The first-order valence-corrected chi connectivity index (χ1v) is 5.93. The number of hydrogen-bond acceptors (Lipinski definition) is 6. The van der Waals surface area contributed by atoms with Crippen molar-refractivity contribution >= 4 is 29.4 Å². The molecule has 7 heteroatoms. The Balaban J connectivity index is 2.63. The fraction of sp³-hybridized carbons (Fsp3) is 0.500. The van der Waals surface area contributed by atoms with Crippen LogP contribution in [0.15, 0.2) is 10.6 Å². The second-order valence-electron chi connectivity index (χ2n) is 3.29. The smallest absolute Gasteiger partial charge is 0.315 e. The molecule has 0 saturated carbocycles. The average Bonchev–Trinajstić information content (AvgIpc) is 2.75. The minimum atomic E-state index is -0.635. The zero-order chi connectivity index (χ0) is 12.8. The van der Waals surface area contributed by atoms with E-state index >= 15 is 0 Å². The normalized spacial score (nSPS) is 14.7. The highest BCUT2D eigenvalue weighted by Gasteiger charge is 2.23. The van der Waals surface area contributed by atoms with Gasteiger partial charge in [0.05, 0.1) is 12.0 Å². The molecule has 0 fully saturated rings. The van der Waals surface area contributed by atoms with Gasteiger partial charge in [0.15, 0.2) is 5.78 Å². The third-order valence-electron chi connectivity index (χ3n) is 2.09. The first kappa shape index (κ1) is 13.7. The van der Waals surface area contributed by atoms with E-state index in [1.807, 2.05) is 0 Å². The highest BCUT2D eigenvalue weighted by Crippen LogP contribution is 2.30. The molecule has 0 saturated heterocycles. The predicted octanol–water partition coefficient (Wildman–Crippen LogP) is -0.424. The van der Waals surface area contributed by atoms with E-state index in [4.69, 9.17) is 5.11 Å². The minimum Gasteiger partial charge on any atom is -0.469 e. The molecule has 2 N–H and O–H groups in total. The van der Waals surface area contributed by atoms with E-state index in [1.165, 1.54) is 18.9 Å². The maximum atomic E-state index is 11.4. The van der Waals surface area contributed by atoms with Gasteiger partial charge in [0.1, 0.15) is 13.0 Å². The summed E-state index contributed by atoms with van der Waals surface area (Å²) in [5.74, 6) is -0.892. The van der Waals surface area contributed by atoms with Crippen LogP contribution in [0.2, 0.25) is 0 Å². The summed E-state index contributed by atoms with van der Waals surface area (Å²) in [4.78, 5) is 33.9. The maximum Gasteiger partial charge on any atom is 0.315 e. The Morgan fingerprint density at radius 3 is 2.76 bits per heavy atom. The molecule has 1 aliphatic rings. The molecule has 0 aromatic heterocycles. The molecule has 0 atom stereocenters. The van der Waals surface area contributed by atoms with E-state index in [0.29, 0.717) is 22.8 Å². The monoisotopic (exact) mass is 259 g/mol. The van der Waals surface area contributed by atoms with Crippen LogP contribution < -0.4 is 5.32 Å². The second-order valence-corrected chi connectivity index (χ2v) is 4.39. The van der Waals surface area contributed by atoms with Crippen molar-refractivity contribution in [3.8, 4) is 0 Å². The zero-order valence-corrected chi connectivity index (χ0v) is 10.1. The Labute approximate surface area is 102 Å². The number of thioether (sulfide) groups is 1. The fourth-order valence-corrected chi connectivity index (χ4v) is 2.37. The molecular weight excluding hydrogens is 246 g/mol. The molecule has 0 unspecified atom stereocenters. The third-order valence-corrected chi connectivity index (χ3v) is 3.26. The van der Waals surface area contributed by atoms with Crippen molar-refractivity contribution in [2.24, 2.45) is 0 Å². The topological polar surface area (TPSA) is 92.7 Å². The minimum absolute atomic E-state index is 0.366. The standard InChI is InChI=1S/C10H13NO5S/c1-16-9(15)4-8(14)11-6-2-3-17-10(6)7(13)5-12/h12H,2-5H2,1H3,(H,11,14). The number of carbonyl (C=O) groups is 3. The summed E-state index contributed by atoms with van der Waals surface area (Å²) >= 11 is 1.29. The molecule has 1 aliphatic heterocycles. The number of amides is 1. The summed E-state index contributed by atoms with van der Waals surface area (Å²) in [6.07, 6.45) is 0.157. The fourth-order valence-electron chi connectivity index (χ4n) is 1.31. The van der Waals surface area contributed by atoms with Crippen molar-refractivity contribution in [1.82, 2.24) is 5.32 Å². The van der Waals surface area contributed by atoms with Crippen molar-refractivity contribution in [1.29, 1.82) is 0 Å². The molecule has 0 aromatic carbocycles. The number of rotatable bonds is 5.